The van der Waals surface area contributed by atoms with E-state index in [2.05, 4.69) is 0 Å². The van der Waals surface area contributed by atoms with Gasteiger partial charge in [0.05, 0.1) is 17.6 Å². The summed E-state index contributed by atoms with van der Waals surface area (Å²) in [5.41, 5.74) is -0.180. The van der Waals surface area contributed by atoms with E-state index in [0.29, 0.717) is 23.6 Å². The van der Waals surface area contributed by atoms with Crippen molar-refractivity contribution in [3.63, 3.8) is 0 Å². The monoisotopic (exact) mass is 592 g/mol. The number of nitro benzene ring substituents is 1. The molecule has 0 spiro atoms. The molecule has 3 aromatic carbocycles. The van der Waals surface area contributed by atoms with Gasteiger partial charge in [-0.3, -0.25) is 14.9 Å². The number of alkyl halides is 3. The predicted molar refractivity (Wildman–Crippen MR) is 145 cm³/mol. The molecule has 0 radical (unpaired) electrons. The van der Waals surface area contributed by atoms with Gasteiger partial charge in [-0.2, -0.15) is 21.6 Å². The molecule has 0 aliphatic rings. The number of ether oxygens (including phenoxy) is 1. The number of hydrogen-bond acceptors (Lipinski definition) is 7. The number of methoxy groups -OCH3 is 1. The summed E-state index contributed by atoms with van der Waals surface area (Å²) in [4.78, 5) is 24.3. The van der Waals surface area contributed by atoms with Crippen molar-refractivity contribution in [2.75, 3.05) is 7.11 Å². The second kappa shape index (κ2) is 12.9. The van der Waals surface area contributed by atoms with E-state index < -0.39 is 31.7 Å². The molecule has 0 fully saturated rings. The molecule has 1 atom stereocenters. The minimum atomic E-state index is -4.75. The number of rotatable bonds is 11. The molecule has 1 amide bonds. The second-order valence-corrected chi connectivity index (χ2v) is 10.5. The molecule has 13 heteroatoms. The fourth-order valence-corrected chi connectivity index (χ4v) is 4.70. The van der Waals surface area contributed by atoms with Crippen LogP contribution in [0.5, 0.6) is 11.5 Å². The molecule has 0 aromatic heterocycles. The highest BCUT2D eigenvalue weighted by molar-refractivity contribution is 7.87. The van der Waals surface area contributed by atoms with Crippen LogP contribution in [0.25, 0.3) is 6.08 Å². The average Bonchev–Trinajstić information content (AvgIpc) is 2.94. The minimum Gasteiger partial charge on any atom is -0.493 e. The number of amides is 1. The minimum absolute atomic E-state index is 0.0174. The summed E-state index contributed by atoms with van der Waals surface area (Å²) in [6, 6.07) is 13.0. The van der Waals surface area contributed by atoms with E-state index in [1.54, 1.807) is 6.07 Å². The van der Waals surface area contributed by atoms with Gasteiger partial charge >= 0.3 is 16.3 Å². The van der Waals surface area contributed by atoms with E-state index in [1.807, 2.05) is 13.8 Å². The third-order valence-electron chi connectivity index (χ3n) is 6.16. The molecule has 218 valence electrons. The largest absolute Gasteiger partial charge is 0.493 e. The topological polar surface area (TPSA) is 116 Å². The van der Waals surface area contributed by atoms with Gasteiger partial charge in [-0.1, -0.05) is 19.1 Å². The third kappa shape index (κ3) is 8.07. The van der Waals surface area contributed by atoms with Gasteiger partial charge in [-0.15, -0.1) is 0 Å². The Morgan fingerprint density at radius 1 is 1.07 bits per heavy atom. The Hall–Kier alpha value is -4.39. The number of carbonyl (C=O) groups excluding carboxylic acids is 1. The summed E-state index contributed by atoms with van der Waals surface area (Å²) >= 11 is 0. The molecule has 0 N–H and O–H groups in total. The number of hydrogen-bond donors (Lipinski definition) is 0. The van der Waals surface area contributed by atoms with Gasteiger partial charge in [0, 0.05) is 30.8 Å². The molecule has 3 aromatic rings. The molecule has 3 rings (SSSR count). The lowest BCUT2D eigenvalue weighted by molar-refractivity contribution is -0.384. The number of benzene rings is 3. The van der Waals surface area contributed by atoms with Gasteiger partial charge < -0.3 is 13.8 Å². The smallest absolute Gasteiger partial charge is 0.416 e. The standard InChI is InChI=1S/C28H27F3N2O7S/c1-4-19(2)32(27(34)15-11-20-8-12-23(13-9-20)33(35)36)18-21-10-14-25(39-3)26(16-21)40-41(37,38)24-7-5-6-22(17-24)28(29,30)31/h5-17,19H,4,18H2,1-3H3. The maximum absolute atomic E-state index is 13.1. The molecule has 0 aliphatic heterocycles. The Morgan fingerprint density at radius 3 is 2.34 bits per heavy atom. The zero-order chi connectivity index (χ0) is 30.4. The average molecular weight is 593 g/mol. The maximum Gasteiger partial charge on any atom is 0.416 e. The normalized spacial score (nSPS) is 12.6. The fraction of sp³-hybridized carbons (Fsp3) is 0.250. The van der Waals surface area contributed by atoms with Crippen molar-refractivity contribution in [3.8, 4) is 11.5 Å². The number of nitro groups is 1. The van der Waals surface area contributed by atoms with Gasteiger partial charge in [0.2, 0.25) is 5.91 Å². The van der Waals surface area contributed by atoms with Crippen molar-refractivity contribution < 1.29 is 40.2 Å². The highest BCUT2D eigenvalue weighted by Crippen LogP contribution is 2.34. The Balaban J connectivity index is 1.87. The van der Waals surface area contributed by atoms with Crippen LogP contribution in [0.3, 0.4) is 0 Å². The summed E-state index contributed by atoms with van der Waals surface area (Å²) in [6.07, 6.45) is -1.30. The van der Waals surface area contributed by atoms with E-state index in [4.69, 9.17) is 8.92 Å². The van der Waals surface area contributed by atoms with Crippen LogP contribution in [-0.2, 0) is 27.6 Å². The molecular formula is C28H27F3N2O7S. The summed E-state index contributed by atoms with van der Waals surface area (Å²) in [6.45, 7) is 3.76. The van der Waals surface area contributed by atoms with Gasteiger partial charge in [0.1, 0.15) is 4.90 Å². The van der Waals surface area contributed by atoms with Gasteiger partial charge in [-0.05, 0) is 73.0 Å². The van der Waals surface area contributed by atoms with Crippen LogP contribution in [0.15, 0.2) is 77.7 Å². The van der Waals surface area contributed by atoms with Crippen molar-refractivity contribution in [2.45, 2.75) is 43.9 Å². The van der Waals surface area contributed by atoms with Crippen LogP contribution in [0.4, 0.5) is 18.9 Å². The van der Waals surface area contributed by atoms with E-state index in [9.17, 15) is 36.5 Å². The Morgan fingerprint density at radius 2 is 1.76 bits per heavy atom. The number of carbonyl (C=O) groups is 1. The summed E-state index contributed by atoms with van der Waals surface area (Å²) in [5.74, 6) is -0.614. The maximum atomic E-state index is 13.1. The molecule has 0 aliphatic carbocycles. The van der Waals surface area contributed by atoms with Crippen LogP contribution >= 0.6 is 0 Å². The van der Waals surface area contributed by atoms with Crippen molar-refractivity contribution in [1.29, 1.82) is 0 Å². The summed E-state index contributed by atoms with van der Waals surface area (Å²) < 4.78 is 75.5. The Bertz CT molecular complexity index is 1540. The second-order valence-electron chi connectivity index (χ2n) is 8.95. The third-order valence-corrected chi connectivity index (χ3v) is 7.39. The van der Waals surface area contributed by atoms with E-state index >= 15 is 0 Å². The first-order valence-electron chi connectivity index (χ1n) is 12.3. The fourth-order valence-electron chi connectivity index (χ4n) is 3.72. The molecule has 41 heavy (non-hydrogen) atoms. The molecule has 0 saturated heterocycles. The highest BCUT2D eigenvalue weighted by atomic mass is 32.2. The van der Waals surface area contributed by atoms with Crippen LogP contribution in [0.2, 0.25) is 0 Å². The van der Waals surface area contributed by atoms with Gasteiger partial charge in [0.15, 0.2) is 11.5 Å². The van der Waals surface area contributed by atoms with Crippen LogP contribution < -0.4 is 8.92 Å². The molecular weight excluding hydrogens is 565 g/mol. The zero-order valence-electron chi connectivity index (χ0n) is 22.3. The SMILES string of the molecule is CCC(C)N(Cc1ccc(OC)c(OS(=O)(=O)c2cccc(C(F)(F)F)c2)c1)C(=O)C=Cc1ccc([N+](=O)[O-])cc1. The van der Waals surface area contributed by atoms with E-state index in [-0.39, 0.29) is 35.7 Å². The van der Waals surface area contributed by atoms with Crippen molar-refractivity contribution in [1.82, 2.24) is 4.90 Å². The lowest BCUT2D eigenvalue weighted by Crippen LogP contribution is -2.36. The van der Waals surface area contributed by atoms with Crippen molar-refractivity contribution in [3.05, 3.63) is 99.6 Å². The predicted octanol–water partition coefficient (Wildman–Crippen LogP) is 6.23. The quantitative estimate of drug-likeness (QED) is 0.112. The number of non-ortho nitro benzene ring substituents is 1. The lowest BCUT2D eigenvalue weighted by atomic mass is 10.1. The van der Waals surface area contributed by atoms with Crippen molar-refractivity contribution >= 4 is 27.8 Å². The first kappa shape index (κ1) is 31.1. The highest BCUT2D eigenvalue weighted by Gasteiger charge is 2.32. The molecule has 0 bridgehead atoms. The molecule has 0 saturated carbocycles. The van der Waals surface area contributed by atoms with Crippen LogP contribution in [0.1, 0.15) is 37.0 Å². The van der Waals surface area contributed by atoms with E-state index in [0.717, 1.165) is 18.2 Å². The summed E-state index contributed by atoms with van der Waals surface area (Å²) in [5, 5.41) is 10.8. The van der Waals surface area contributed by atoms with Gasteiger partial charge in [0.25, 0.3) is 5.69 Å². The molecule has 9 nitrogen and oxygen atoms in total. The van der Waals surface area contributed by atoms with Crippen LogP contribution in [-0.4, -0.2) is 37.3 Å². The summed E-state index contributed by atoms with van der Waals surface area (Å²) in [7, 11) is -3.40. The van der Waals surface area contributed by atoms with Crippen molar-refractivity contribution in [2.24, 2.45) is 0 Å². The van der Waals surface area contributed by atoms with Crippen LogP contribution in [0, 0.1) is 10.1 Å². The lowest BCUT2D eigenvalue weighted by Gasteiger charge is -2.28. The molecule has 0 heterocycles. The van der Waals surface area contributed by atoms with E-state index in [1.165, 1.54) is 60.6 Å². The first-order valence-corrected chi connectivity index (χ1v) is 13.7. The number of nitrogens with zero attached hydrogens (tertiary/aromatic N) is 2. The Kier molecular flexibility index (Phi) is 9.76. The first-order chi connectivity index (χ1) is 19.2. The Labute approximate surface area is 235 Å². The van der Waals surface area contributed by atoms with Gasteiger partial charge in [-0.25, -0.2) is 0 Å². The number of halogens is 3. The zero-order valence-corrected chi connectivity index (χ0v) is 23.1. The molecule has 1 unspecified atom stereocenters.